The van der Waals surface area contributed by atoms with Crippen molar-refractivity contribution in [1.29, 1.82) is 0 Å². The van der Waals surface area contributed by atoms with Crippen LogP contribution in [0, 0.1) is 0 Å². The van der Waals surface area contributed by atoms with Gasteiger partial charge in [-0.1, -0.05) is 30.3 Å². The summed E-state index contributed by atoms with van der Waals surface area (Å²) in [7, 11) is 0. The fourth-order valence-electron chi connectivity index (χ4n) is 1.18. The Bertz CT molecular complexity index is 259. The van der Waals surface area contributed by atoms with E-state index >= 15 is 0 Å². The fraction of sp³-hybridized carbons (Fsp3) is 0.417. The van der Waals surface area contributed by atoms with Gasteiger partial charge in [0, 0.05) is 6.61 Å². The number of carbonyl (C=O) groups excluding carboxylic acids is 1. The summed E-state index contributed by atoms with van der Waals surface area (Å²) in [6.45, 7) is 3.15. The molecule has 0 unspecified atom stereocenters. The lowest BCUT2D eigenvalue weighted by Gasteiger charge is -2.03. The van der Waals surface area contributed by atoms with Gasteiger partial charge < -0.3 is 9.47 Å². The quantitative estimate of drug-likeness (QED) is 0.612. The van der Waals surface area contributed by atoms with E-state index in [1.54, 1.807) is 0 Å². The first kappa shape index (κ1) is 11.7. The van der Waals surface area contributed by atoms with Crippen LogP contribution in [-0.4, -0.2) is 19.7 Å². The molecule has 0 amide bonds. The van der Waals surface area contributed by atoms with Gasteiger partial charge in [-0.15, -0.1) is 0 Å². The van der Waals surface area contributed by atoms with Gasteiger partial charge in [-0.2, -0.15) is 0 Å². The Morgan fingerprint density at radius 3 is 2.53 bits per heavy atom. The predicted octanol–water partition coefficient (Wildman–Crippen LogP) is 2.07. The van der Waals surface area contributed by atoms with Crippen molar-refractivity contribution in [2.45, 2.75) is 19.4 Å². The summed E-state index contributed by atoms with van der Waals surface area (Å²) in [6.07, 6.45) is 1.72. The number of unbranched alkanes of at least 4 members (excludes halogenated alkanes) is 1. The Morgan fingerprint density at radius 1 is 1.07 bits per heavy atom. The summed E-state index contributed by atoms with van der Waals surface area (Å²) in [6, 6.07) is 10.0. The van der Waals surface area contributed by atoms with Gasteiger partial charge in [0.2, 0.25) is 0 Å². The molecule has 1 aromatic rings. The first-order valence-corrected chi connectivity index (χ1v) is 5.04. The smallest absolute Gasteiger partial charge is 0.417 e. The van der Waals surface area contributed by atoms with Crippen molar-refractivity contribution >= 4 is 6.47 Å². The molecule has 0 spiro atoms. The Morgan fingerprint density at radius 2 is 1.80 bits per heavy atom. The van der Waals surface area contributed by atoms with Gasteiger partial charge >= 0.3 is 6.47 Å². The number of rotatable bonds is 8. The number of hydrogen-bond donors (Lipinski definition) is 0. The van der Waals surface area contributed by atoms with E-state index in [0.717, 1.165) is 12.8 Å². The van der Waals surface area contributed by atoms with Crippen molar-refractivity contribution in [2.24, 2.45) is 0 Å². The van der Waals surface area contributed by atoms with E-state index in [-0.39, 0.29) is 0 Å². The van der Waals surface area contributed by atoms with Gasteiger partial charge in [-0.3, -0.25) is 0 Å². The van der Waals surface area contributed by atoms with Crippen LogP contribution in [0.25, 0.3) is 0 Å². The van der Waals surface area contributed by atoms with Crippen LogP contribution in [0.5, 0.6) is 0 Å². The lowest BCUT2D eigenvalue weighted by atomic mass is 10.2. The van der Waals surface area contributed by atoms with E-state index in [2.05, 4.69) is 4.74 Å². The molecule has 0 saturated carbocycles. The minimum atomic E-state index is 0.429. The van der Waals surface area contributed by atoms with E-state index < -0.39 is 0 Å². The molecule has 0 saturated heterocycles. The van der Waals surface area contributed by atoms with Crippen LogP contribution >= 0.6 is 0 Å². The second kappa shape index (κ2) is 8.00. The fourth-order valence-corrected chi connectivity index (χ4v) is 1.18. The molecule has 0 N–H and O–H groups in total. The minimum Gasteiger partial charge on any atom is -0.457 e. The van der Waals surface area contributed by atoms with E-state index in [1.165, 1.54) is 12.0 Å². The zero-order chi connectivity index (χ0) is 10.8. The topological polar surface area (TPSA) is 35.5 Å². The van der Waals surface area contributed by atoms with Crippen LogP contribution in [0.3, 0.4) is 0 Å². The normalized spacial score (nSPS) is 9.87. The molecule has 0 aromatic heterocycles. The molecular formula is C12H15O3. The predicted molar refractivity (Wildman–Crippen MR) is 57.0 cm³/mol. The zero-order valence-corrected chi connectivity index (χ0v) is 8.65. The second-order valence-corrected chi connectivity index (χ2v) is 3.18. The first-order chi connectivity index (χ1) is 7.43. The van der Waals surface area contributed by atoms with Crippen LogP contribution in [0.1, 0.15) is 18.4 Å². The Hall–Kier alpha value is -1.35. The van der Waals surface area contributed by atoms with Gasteiger partial charge in [0.25, 0.3) is 0 Å². The molecule has 0 aliphatic carbocycles. The number of hydrogen-bond acceptors (Lipinski definition) is 3. The van der Waals surface area contributed by atoms with E-state index in [4.69, 9.17) is 4.74 Å². The first-order valence-electron chi connectivity index (χ1n) is 5.04. The van der Waals surface area contributed by atoms with E-state index in [9.17, 15) is 4.79 Å². The van der Waals surface area contributed by atoms with Gasteiger partial charge in [-0.05, 0) is 18.4 Å². The molecule has 1 rings (SSSR count). The number of benzene rings is 1. The molecular weight excluding hydrogens is 192 g/mol. The van der Waals surface area contributed by atoms with E-state index in [1.807, 2.05) is 30.3 Å². The third-order valence-electron chi connectivity index (χ3n) is 1.96. The van der Waals surface area contributed by atoms with Crippen molar-refractivity contribution in [1.82, 2.24) is 0 Å². The lowest BCUT2D eigenvalue weighted by molar-refractivity contribution is 0.113. The molecule has 3 nitrogen and oxygen atoms in total. The number of ether oxygens (including phenoxy) is 2. The third kappa shape index (κ3) is 5.86. The standard InChI is InChI=1S/C12H15O3/c13-11-15-9-5-4-8-14-10-12-6-2-1-3-7-12/h1-3,6-7H,4-5,8-10H2. The van der Waals surface area contributed by atoms with Crippen molar-refractivity contribution in [2.75, 3.05) is 13.2 Å². The monoisotopic (exact) mass is 207 g/mol. The maximum Gasteiger partial charge on any atom is 0.417 e. The Balaban J connectivity index is 1.95. The minimum absolute atomic E-state index is 0.429. The largest absolute Gasteiger partial charge is 0.457 e. The summed E-state index contributed by atoms with van der Waals surface area (Å²) in [4.78, 5) is 9.70. The summed E-state index contributed by atoms with van der Waals surface area (Å²) < 4.78 is 9.88. The van der Waals surface area contributed by atoms with Crippen LogP contribution < -0.4 is 0 Å². The average molecular weight is 207 g/mol. The summed E-state index contributed by atoms with van der Waals surface area (Å²) >= 11 is 0. The molecule has 0 bridgehead atoms. The van der Waals surface area contributed by atoms with Crippen molar-refractivity contribution in [3.05, 3.63) is 35.9 Å². The Kier molecular flexibility index (Phi) is 6.25. The molecule has 0 aliphatic heterocycles. The average Bonchev–Trinajstić information content (AvgIpc) is 2.29. The maximum atomic E-state index is 9.70. The van der Waals surface area contributed by atoms with Crippen LogP contribution in [0.2, 0.25) is 0 Å². The van der Waals surface area contributed by atoms with Crippen LogP contribution in [-0.2, 0) is 20.9 Å². The Labute approximate surface area is 90.0 Å². The van der Waals surface area contributed by atoms with Crippen molar-refractivity contribution in [3.63, 3.8) is 0 Å². The van der Waals surface area contributed by atoms with Crippen LogP contribution in [0.4, 0.5) is 0 Å². The highest BCUT2D eigenvalue weighted by Crippen LogP contribution is 2.01. The molecule has 0 heterocycles. The third-order valence-corrected chi connectivity index (χ3v) is 1.96. The molecule has 81 valence electrons. The van der Waals surface area contributed by atoms with Crippen molar-refractivity contribution < 1.29 is 14.3 Å². The summed E-state index contributed by atoms with van der Waals surface area (Å²) in [5.74, 6) is 0. The van der Waals surface area contributed by atoms with Gasteiger partial charge in [0.15, 0.2) is 0 Å². The zero-order valence-electron chi connectivity index (χ0n) is 8.65. The van der Waals surface area contributed by atoms with Crippen molar-refractivity contribution in [3.8, 4) is 0 Å². The van der Waals surface area contributed by atoms with Gasteiger partial charge in [0.1, 0.15) is 0 Å². The highest BCUT2D eigenvalue weighted by atomic mass is 16.5. The molecule has 1 radical (unpaired) electrons. The molecule has 15 heavy (non-hydrogen) atoms. The maximum absolute atomic E-state index is 9.70. The van der Waals surface area contributed by atoms with Crippen LogP contribution in [0.15, 0.2) is 30.3 Å². The molecule has 0 fully saturated rings. The molecule has 3 heteroatoms. The highest BCUT2D eigenvalue weighted by Gasteiger charge is 1.92. The second-order valence-electron chi connectivity index (χ2n) is 3.18. The molecule has 1 aromatic carbocycles. The SMILES string of the molecule is O=[C]OCCCCOCc1ccccc1. The van der Waals surface area contributed by atoms with Gasteiger partial charge in [0.05, 0.1) is 13.2 Å². The van der Waals surface area contributed by atoms with E-state index in [0.29, 0.717) is 19.8 Å². The molecule has 0 aliphatic rings. The highest BCUT2D eigenvalue weighted by molar-refractivity contribution is 5.37. The lowest BCUT2D eigenvalue weighted by Crippen LogP contribution is -1.98. The summed E-state index contributed by atoms with van der Waals surface area (Å²) in [5.41, 5.74) is 1.18. The summed E-state index contributed by atoms with van der Waals surface area (Å²) in [5, 5.41) is 0. The van der Waals surface area contributed by atoms with Gasteiger partial charge in [-0.25, -0.2) is 4.79 Å². The molecule has 0 atom stereocenters.